The molecule has 0 saturated heterocycles. The Labute approximate surface area is 271 Å². The van der Waals surface area contributed by atoms with Crippen molar-refractivity contribution in [2.24, 2.45) is 9.98 Å². The standard InChI is InChI=1S/C42H27N3S/c1-3-13-26(14-4-1)39-43-40(27-15-5-2-6-16-27)45-41(44-39)28-23-24-30-29-17-7-10-20-33(29)42(35(30)25-28)34-21-11-8-18-31(34)37-32-19-9-12-22-36(32)46-38(37)42/h1-25,41H,(H,43,44,45). The van der Waals surface area contributed by atoms with Crippen LogP contribution < -0.4 is 5.32 Å². The smallest absolute Gasteiger partial charge is 0.169 e. The molecule has 216 valence electrons. The van der Waals surface area contributed by atoms with Crippen molar-refractivity contribution in [3.63, 3.8) is 0 Å². The van der Waals surface area contributed by atoms with Crippen LogP contribution in [-0.2, 0) is 5.41 Å². The fraction of sp³-hybridized carbons (Fsp3) is 0.0476. The summed E-state index contributed by atoms with van der Waals surface area (Å²) in [5.41, 5.74) is 12.1. The summed E-state index contributed by atoms with van der Waals surface area (Å²) in [5.74, 6) is 1.66. The zero-order chi connectivity index (χ0) is 30.2. The monoisotopic (exact) mass is 605 g/mol. The minimum absolute atomic E-state index is 0.392. The second-order valence-corrected chi connectivity index (χ2v) is 13.2. The molecule has 0 amide bonds. The Kier molecular flexibility index (Phi) is 5.43. The largest absolute Gasteiger partial charge is 0.324 e. The molecule has 4 heteroatoms. The molecule has 3 aliphatic rings. The molecule has 7 aromatic rings. The molecule has 1 spiro atoms. The molecule has 1 N–H and O–H groups in total. The molecular formula is C42H27N3S. The quantitative estimate of drug-likeness (QED) is 0.214. The molecule has 1 atom stereocenters. The summed E-state index contributed by atoms with van der Waals surface area (Å²) in [4.78, 5) is 11.9. The number of nitrogens with one attached hydrogen (secondary N) is 1. The van der Waals surface area contributed by atoms with Gasteiger partial charge >= 0.3 is 0 Å². The summed E-state index contributed by atoms with van der Waals surface area (Å²) in [6.45, 7) is 0. The first kappa shape index (κ1) is 25.7. The molecule has 0 saturated carbocycles. The number of aliphatic imine (C=N–C) groups is 2. The molecule has 10 rings (SSSR count). The van der Waals surface area contributed by atoms with E-state index in [2.05, 4.69) is 145 Å². The van der Waals surface area contributed by atoms with Gasteiger partial charge in [-0.3, -0.25) is 0 Å². The average Bonchev–Trinajstić information content (AvgIpc) is 3.76. The highest BCUT2D eigenvalue weighted by Crippen LogP contribution is 2.66. The Morgan fingerprint density at radius 3 is 1.80 bits per heavy atom. The van der Waals surface area contributed by atoms with Crippen LogP contribution in [0.25, 0.3) is 32.3 Å². The van der Waals surface area contributed by atoms with Crippen LogP contribution in [0.1, 0.15) is 44.4 Å². The third kappa shape index (κ3) is 3.48. The van der Waals surface area contributed by atoms with E-state index in [1.165, 1.54) is 53.9 Å². The number of nitrogens with zero attached hydrogens (tertiary/aromatic N) is 2. The molecule has 1 aromatic heterocycles. The van der Waals surface area contributed by atoms with Crippen molar-refractivity contribution in [2.45, 2.75) is 11.6 Å². The molecule has 46 heavy (non-hydrogen) atoms. The van der Waals surface area contributed by atoms with Crippen molar-refractivity contribution in [3.05, 3.63) is 190 Å². The lowest BCUT2D eigenvalue weighted by Gasteiger charge is -2.30. The first-order chi connectivity index (χ1) is 22.8. The molecule has 1 aliphatic heterocycles. The van der Waals surface area contributed by atoms with Crippen molar-refractivity contribution in [1.82, 2.24) is 5.32 Å². The van der Waals surface area contributed by atoms with E-state index in [1.54, 1.807) is 0 Å². The van der Waals surface area contributed by atoms with Crippen LogP contribution in [0.4, 0.5) is 0 Å². The average molecular weight is 606 g/mol. The Bertz CT molecular complexity index is 2350. The van der Waals surface area contributed by atoms with Gasteiger partial charge in [-0.1, -0.05) is 140 Å². The van der Waals surface area contributed by atoms with Gasteiger partial charge in [0.2, 0.25) is 0 Å². The summed E-state index contributed by atoms with van der Waals surface area (Å²) < 4.78 is 1.33. The number of rotatable bonds is 3. The Balaban J connectivity index is 1.23. The van der Waals surface area contributed by atoms with Gasteiger partial charge in [0, 0.05) is 31.7 Å². The molecule has 3 nitrogen and oxygen atoms in total. The highest BCUT2D eigenvalue weighted by atomic mass is 32.1. The number of fused-ring (bicyclic) bond motifs is 12. The molecule has 2 aliphatic carbocycles. The summed E-state index contributed by atoms with van der Waals surface area (Å²) in [7, 11) is 0. The predicted molar refractivity (Wildman–Crippen MR) is 190 cm³/mol. The van der Waals surface area contributed by atoms with Gasteiger partial charge < -0.3 is 5.32 Å². The molecule has 0 fully saturated rings. The van der Waals surface area contributed by atoms with E-state index < -0.39 is 11.6 Å². The third-order valence-electron chi connectivity index (χ3n) is 9.74. The van der Waals surface area contributed by atoms with Gasteiger partial charge in [0.05, 0.1) is 5.41 Å². The van der Waals surface area contributed by atoms with Gasteiger partial charge in [0.1, 0.15) is 11.7 Å². The number of thiophene rings is 1. The van der Waals surface area contributed by atoms with Crippen LogP contribution in [0.15, 0.2) is 162 Å². The van der Waals surface area contributed by atoms with E-state index in [9.17, 15) is 0 Å². The molecule has 0 radical (unpaired) electrons. The number of hydrogen-bond acceptors (Lipinski definition) is 4. The van der Waals surface area contributed by atoms with Crippen LogP contribution in [0, 0.1) is 0 Å². The van der Waals surface area contributed by atoms with Gasteiger partial charge in [-0.2, -0.15) is 0 Å². The second kappa shape index (κ2) is 9.71. The fourth-order valence-corrected chi connectivity index (χ4v) is 9.26. The molecule has 1 unspecified atom stereocenters. The maximum Gasteiger partial charge on any atom is 0.169 e. The minimum atomic E-state index is -0.400. The van der Waals surface area contributed by atoms with Crippen LogP contribution in [0.5, 0.6) is 0 Å². The van der Waals surface area contributed by atoms with Crippen molar-refractivity contribution < 1.29 is 0 Å². The lowest BCUT2D eigenvalue weighted by atomic mass is 9.73. The van der Waals surface area contributed by atoms with Gasteiger partial charge in [-0.25, -0.2) is 9.98 Å². The first-order valence-electron chi connectivity index (χ1n) is 15.7. The highest BCUT2D eigenvalue weighted by molar-refractivity contribution is 7.20. The summed E-state index contributed by atoms with van der Waals surface area (Å²) in [6, 6.07) is 54.5. The van der Waals surface area contributed by atoms with Crippen molar-refractivity contribution in [3.8, 4) is 22.3 Å². The number of benzene rings is 6. The normalized spacial score (nSPS) is 17.6. The maximum atomic E-state index is 5.23. The third-order valence-corrected chi connectivity index (χ3v) is 11.0. The Hall–Kier alpha value is -5.58. The van der Waals surface area contributed by atoms with Crippen LogP contribution in [-0.4, -0.2) is 11.7 Å². The second-order valence-electron chi connectivity index (χ2n) is 12.1. The van der Waals surface area contributed by atoms with Crippen molar-refractivity contribution in [1.29, 1.82) is 0 Å². The highest BCUT2D eigenvalue weighted by Gasteiger charge is 2.53. The van der Waals surface area contributed by atoms with Crippen LogP contribution >= 0.6 is 11.3 Å². The molecule has 6 aromatic carbocycles. The molecular weight excluding hydrogens is 579 g/mol. The maximum absolute atomic E-state index is 5.23. The van der Waals surface area contributed by atoms with Gasteiger partial charge in [0.25, 0.3) is 0 Å². The lowest BCUT2D eigenvalue weighted by Crippen LogP contribution is -2.36. The van der Waals surface area contributed by atoms with Gasteiger partial charge in [0.15, 0.2) is 6.17 Å². The SMILES string of the molecule is c1ccc(C2=NC(c3ccc4c(c3)C3(c5ccccc5-4)c4ccccc4-c4c3sc3ccccc43)N=C(c3ccccc3)N2)cc1. The van der Waals surface area contributed by atoms with E-state index in [-0.39, 0.29) is 0 Å². The zero-order valence-corrected chi connectivity index (χ0v) is 25.6. The molecule has 0 bridgehead atoms. The predicted octanol–water partition coefficient (Wildman–Crippen LogP) is 9.74. The minimum Gasteiger partial charge on any atom is -0.324 e. The van der Waals surface area contributed by atoms with E-state index in [0.29, 0.717) is 0 Å². The first-order valence-corrected chi connectivity index (χ1v) is 16.5. The van der Waals surface area contributed by atoms with E-state index in [0.717, 1.165) is 28.4 Å². The topological polar surface area (TPSA) is 36.8 Å². The Morgan fingerprint density at radius 2 is 1.09 bits per heavy atom. The Morgan fingerprint density at radius 1 is 0.522 bits per heavy atom. The van der Waals surface area contributed by atoms with E-state index in [1.807, 2.05) is 23.5 Å². The number of hydrogen-bond donors (Lipinski definition) is 1. The van der Waals surface area contributed by atoms with Gasteiger partial charge in [-0.15, -0.1) is 11.3 Å². The van der Waals surface area contributed by atoms with E-state index >= 15 is 0 Å². The zero-order valence-electron chi connectivity index (χ0n) is 24.8. The van der Waals surface area contributed by atoms with E-state index in [4.69, 9.17) is 9.98 Å². The lowest BCUT2D eigenvalue weighted by molar-refractivity contribution is 0.746. The summed E-state index contributed by atoms with van der Waals surface area (Å²) >= 11 is 1.94. The van der Waals surface area contributed by atoms with Crippen molar-refractivity contribution >= 4 is 33.1 Å². The summed E-state index contributed by atoms with van der Waals surface area (Å²) in [5, 5.41) is 4.88. The van der Waals surface area contributed by atoms with Crippen molar-refractivity contribution in [2.75, 3.05) is 0 Å². The van der Waals surface area contributed by atoms with Gasteiger partial charge in [-0.05, 0) is 51.1 Å². The number of amidine groups is 2. The van der Waals surface area contributed by atoms with Crippen LogP contribution in [0.3, 0.4) is 0 Å². The molecule has 2 heterocycles. The van der Waals surface area contributed by atoms with Crippen LogP contribution in [0.2, 0.25) is 0 Å². The fourth-order valence-electron chi connectivity index (χ4n) is 7.80. The summed E-state index contributed by atoms with van der Waals surface area (Å²) in [6.07, 6.45) is -0.392.